The molecule has 8 aliphatic rings. The molecule has 8 atom stereocenters. The van der Waals surface area contributed by atoms with Crippen LogP contribution in [0.1, 0.15) is 80.0 Å². The van der Waals surface area contributed by atoms with Gasteiger partial charge in [0.15, 0.2) is 5.78 Å². The van der Waals surface area contributed by atoms with Gasteiger partial charge in [-0.25, -0.2) is 4.79 Å². The zero-order valence-electron chi connectivity index (χ0n) is 30.6. The Hall–Kier alpha value is -4.04. The number of nitrogens with one attached hydrogen (secondary N) is 3. The topological polar surface area (TPSA) is 181 Å². The predicted molar refractivity (Wildman–Crippen MR) is 191 cm³/mol. The number of urea groups is 1. The molecule has 2 aromatic rings. The maximum absolute atomic E-state index is 12.7. The fraction of sp³-hybridized carbons (Fsp3) is 0.600. The number of Topliss-reactive ketones (excluding diaryl/α,β-unsaturated/α-hetero) is 1. The van der Waals surface area contributed by atoms with E-state index in [0.29, 0.717) is 44.9 Å². The maximum atomic E-state index is 12.7. The first-order valence-corrected chi connectivity index (χ1v) is 19.0. The van der Waals surface area contributed by atoms with E-state index in [4.69, 9.17) is 4.74 Å². The van der Waals surface area contributed by atoms with Gasteiger partial charge in [0.25, 0.3) is 5.91 Å². The smallest absolute Gasteiger partial charge is 0.322 e. The van der Waals surface area contributed by atoms with Crippen LogP contribution in [0.5, 0.6) is 11.5 Å². The van der Waals surface area contributed by atoms with E-state index in [9.17, 15) is 34.5 Å². The van der Waals surface area contributed by atoms with E-state index in [1.165, 1.54) is 5.56 Å². The molecule has 4 amide bonds. The number of carbonyl (C=O) groups is 4. The second-order valence-electron chi connectivity index (χ2n) is 17.4. The molecule has 6 N–H and O–H groups in total. The first-order chi connectivity index (χ1) is 25.1. The van der Waals surface area contributed by atoms with Crippen molar-refractivity contribution in [2.75, 3.05) is 34.3 Å². The van der Waals surface area contributed by atoms with Crippen molar-refractivity contribution in [2.24, 2.45) is 0 Å². The van der Waals surface area contributed by atoms with Gasteiger partial charge in [0, 0.05) is 22.9 Å². The van der Waals surface area contributed by atoms with Crippen LogP contribution < -0.4 is 20.7 Å². The SMILES string of the molecule is CN1CC[C@]23C[C@]4(CC[C@@]2(O)[C@H]1Cc1ccc(O)cc13)NC(=O)CC4=O.COc1ccc2c(c1)[C@]13CCN(C)[C@H](C2)[C@]1(O)CC[C@@]1(C3)NC(=O)NC1=O. The third kappa shape index (κ3) is 4.50. The number of rotatable bonds is 1. The number of imide groups is 1. The minimum absolute atomic E-state index is 0.00432. The molecule has 0 aromatic heterocycles. The van der Waals surface area contributed by atoms with E-state index in [1.807, 2.05) is 25.2 Å². The van der Waals surface area contributed by atoms with Crippen molar-refractivity contribution in [3.63, 3.8) is 0 Å². The number of likely N-dealkylation sites (tertiary alicyclic amines) is 2. The number of hydrogen-bond acceptors (Lipinski definition) is 10. The quantitative estimate of drug-likeness (QED) is 0.185. The van der Waals surface area contributed by atoms with Gasteiger partial charge in [0.05, 0.1) is 24.7 Å². The number of hydrogen-bond donors (Lipinski definition) is 6. The van der Waals surface area contributed by atoms with Crippen molar-refractivity contribution in [3.05, 3.63) is 58.7 Å². The van der Waals surface area contributed by atoms with E-state index in [0.717, 1.165) is 54.8 Å². The number of fused-ring (bicyclic) bond motifs is 2. The average molecular weight is 728 g/mol. The van der Waals surface area contributed by atoms with Crippen molar-refractivity contribution in [1.29, 1.82) is 0 Å². The number of ketones is 1. The zero-order valence-corrected chi connectivity index (χ0v) is 30.6. The van der Waals surface area contributed by atoms with E-state index in [2.05, 4.69) is 38.9 Å². The number of aliphatic hydroxyl groups is 2. The molecule has 13 heteroatoms. The summed E-state index contributed by atoms with van der Waals surface area (Å²) < 4.78 is 5.46. The lowest BCUT2D eigenvalue weighted by atomic mass is 9.46. The summed E-state index contributed by atoms with van der Waals surface area (Å²) >= 11 is 0. The largest absolute Gasteiger partial charge is 0.508 e. The van der Waals surface area contributed by atoms with Crippen molar-refractivity contribution in [2.45, 2.75) is 116 Å². The Balaban J connectivity index is 0.000000141. The molecule has 2 saturated carbocycles. The average Bonchev–Trinajstić information content (AvgIpc) is 3.56. The van der Waals surface area contributed by atoms with Crippen LogP contribution in [0, 0.1) is 0 Å². The molecule has 53 heavy (non-hydrogen) atoms. The first-order valence-electron chi connectivity index (χ1n) is 19.0. The second-order valence-corrected chi connectivity index (χ2v) is 17.4. The molecular weight excluding hydrogens is 678 g/mol. The molecular formula is C40H49N5O8. The molecule has 4 heterocycles. The number of amides is 4. The molecule has 4 aliphatic heterocycles. The Morgan fingerprint density at radius 3 is 1.85 bits per heavy atom. The molecule has 13 nitrogen and oxygen atoms in total. The molecule has 2 aromatic carbocycles. The summed E-state index contributed by atoms with van der Waals surface area (Å²) in [4.78, 5) is 53.7. The van der Waals surface area contributed by atoms with Crippen LogP contribution in [-0.2, 0) is 38.1 Å². The zero-order chi connectivity index (χ0) is 37.3. The summed E-state index contributed by atoms with van der Waals surface area (Å²) in [6.07, 6.45) is 5.61. The molecule has 6 fully saturated rings. The Morgan fingerprint density at radius 1 is 0.736 bits per heavy atom. The van der Waals surface area contributed by atoms with Crippen LogP contribution in [0.4, 0.5) is 4.79 Å². The number of aromatic hydroxyl groups is 1. The Kier molecular flexibility index (Phi) is 7.37. The number of ether oxygens (including phenoxy) is 1. The Bertz CT molecular complexity index is 1970. The predicted octanol–water partition coefficient (Wildman–Crippen LogP) is 1.32. The molecule has 4 bridgehead atoms. The van der Waals surface area contributed by atoms with Gasteiger partial charge in [-0.15, -0.1) is 0 Å². The highest BCUT2D eigenvalue weighted by Gasteiger charge is 2.70. The summed E-state index contributed by atoms with van der Waals surface area (Å²) in [7, 11) is 5.75. The number of likely N-dealkylation sites (N-methyl/N-ethyl adjacent to an activating group) is 2. The van der Waals surface area contributed by atoms with Gasteiger partial charge in [-0.2, -0.15) is 0 Å². The second kappa shape index (κ2) is 11.2. The minimum Gasteiger partial charge on any atom is -0.508 e. The number of phenols is 1. The van der Waals surface area contributed by atoms with Gasteiger partial charge < -0.3 is 40.5 Å². The van der Waals surface area contributed by atoms with Gasteiger partial charge in [0.2, 0.25) is 5.91 Å². The Labute approximate surface area is 308 Å². The van der Waals surface area contributed by atoms with E-state index < -0.39 is 39.1 Å². The highest BCUT2D eigenvalue weighted by atomic mass is 16.5. The number of methoxy groups -OCH3 is 1. The first kappa shape index (κ1) is 34.7. The van der Waals surface area contributed by atoms with Crippen molar-refractivity contribution in [1.82, 2.24) is 25.8 Å². The van der Waals surface area contributed by atoms with Gasteiger partial charge >= 0.3 is 6.03 Å². The lowest BCUT2D eigenvalue weighted by Gasteiger charge is -2.65. The normalized spacial score (nSPS) is 40.9. The molecule has 4 saturated heterocycles. The number of phenolic OH excluding ortho intramolecular Hbond substituents is 1. The molecule has 4 aliphatic carbocycles. The summed E-state index contributed by atoms with van der Waals surface area (Å²) in [6, 6.07) is 11.0. The standard InChI is InChI=1S/C20H25N3O4.C20H24N2O4/c1-23-8-7-18-11-19(16(24)21-17(25)22-19)5-6-20(18,26)15(23)9-12-3-4-13(27-2)10-14(12)18;1-22-7-6-18-11-19(16(24)10-17(25)21-19)4-5-20(18,26)15(22)8-12-2-3-13(23)9-14(12)18/h3-4,10,15,26H,5-9,11H2,1-2H3,(H2,21,22,24,25);2-3,9,15,23,26H,4-8,10-11H2,1H3,(H,21,25)/t2*15-,18-,19+,20-/m11/s1. The van der Waals surface area contributed by atoms with E-state index >= 15 is 0 Å². The number of nitrogens with zero attached hydrogens (tertiary/aromatic N) is 2. The highest BCUT2D eigenvalue weighted by molar-refractivity contribution is 6.10. The molecule has 0 radical (unpaired) electrons. The van der Waals surface area contributed by atoms with Crippen LogP contribution in [0.25, 0.3) is 0 Å². The van der Waals surface area contributed by atoms with Gasteiger partial charge in [0.1, 0.15) is 22.6 Å². The van der Waals surface area contributed by atoms with Crippen LogP contribution in [0.3, 0.4) is 0 Å². The van der Waals surface area contributed by atoms with E-state index in [-0.39, 0.29) is 41.9 Å². The van der Waals surface area contributed by atoms with Crippen LogP contribution in [0.2, 0.25) is 0 Å². The van der Waals surface area contributed by atoms with Gasteiger partial charge in [-0.1, -0.05) is 12.1 Å². The van der Waals surface area contributed by atoms with Crippen molar-refractivity contribution >= 4 is 23.6 Å². The lowest BCUT2D eigenvalue weighted by molar-refractivity contribution is -0.176. The number of carbonyl (C=O) groups excluding carboxylic acids is 4. The van der Waals surface area contributed by atoms with Crippen LogP contribution in [-0.4, -0.2) is 117 Å². The van der Waals surface area contributed by atoms with Crippen molar-refractivity contribution < 1.29 is 39.2 Å². The van der Waals surface area contributed by atoms with Crippen molar-refractivity contribution in [3.8, 4) is 11.5 Å². The van der Waals surface area contributed by atoms with E-state index in [1.54, 1.807) is 19.2 Å². The third-order valence-electron chi connectivity index (χ3n) is 15.2. The molecule has 0 unspecified atom stereocenters. The number of piperidine rings is 2. The third-order valence-corrected chi connectivity index (χ3v) is 15.2. The fourth-order valence-corrected chi connectivity index (χ4v) is 12.5. The van der Waals surface area contributed by atoms with Gasteiger partial charge in [-0.05, 0) is 138 Å². The van der Waals surface area contributed by atoms with Crippen LogP contribution >= 0.6 is 0 Å². The summed E-state index contributed by atoms with van der Waals surface area (Å²) in [5.41, 5.74) is -0.569. The summed E-state index contributed by atoms with van der Waals surface area (Å²) in [6.45, 7) is 1.66. The highest BCUT2D eigenvalue weighted by Crippen LogP contribution is 2.62. The molecule has 10 rings (SSSR count). The maximum Gasteiger partial charge on any atom is 0.322 e. The van der Waals surface area contributed by atoms with Gasteiger partial charge in [-0.3, -0.25) is 19.7 Å². The monoisotopic (exact) mass is 727 g/mol. The van der Waals surface area contributed by atoms with Crippen LogP contribution in [0.15, 0.2) is 36.4 Å². The lowest BCUT2D eigenvalue weighted by Crippen LogP contribution is -2.75. The number of benzene rings is 2. The summed E-state index contributed by atoms with van der Waals surface area (Å²) in [5.74, 6) is 0.394. The summed E-state index contributed by atoms with van der Waals surface area (Å²) in [5, 5.41) is 42.3. The fourth-order valence-electron chi connectivity index (χ4n) is 12.5. The Morgan fingerprint density at radius 2 is 1.30 bits per heavy atom. The minimum atomic E-state index is -0.959. The molecule has 2 spiro atoms. The molecule has 282 valence electrons.